The first-order valence-corrected chi connectivity index (χ1v) is 4.16. The second-order valence-corrected chi connectivity index (χ2v) is 2.83. The molecule has 68 valence electrons. The molecule has 0 aliphatic rings. The first-order valence-electron chi connectivity index (χ1n) is 4.16. The number of carboxylic acid groups (broad SMARTS) is 1. The summed E-state index contributed by atoms with van der Waals surface area (Å²) in [6.45, 7) is 5.54. The highest BCUT2D eigenvalue weighted by Crippen LogP contribution is 2.13. The Kier molecular flexibility index (Phi) is 2.85. The van der Waals surface area contributed by atoms with Crippen molar-refractivity contribution in [3.63, 3.8) is 0 Å². The van der Waals surface area contributed by atoms with Crippen LogP contribution >= 0.6 is 0 Å². The lowest BCUT2D eigenvalue weighted by molar-refractivity contribution is -0.130. The van der Waals surface area contributed by atoms with Gasteiger partial charge in [-0.25, -0.2) is 4.79 Å². The Balaban J connectivity index is 2.92. The summed E-state index contributed by atoms with van der Waals surface area (Å²) in [4.78, 5) is 10.6. The van der Waals surface area contributed by atoms with Gasteiger partial charge in [0, 0.05) is 0 Å². The molecule has 2 heteroatoms. The van der Waals surface area contributed by atoms with Crippen LogP contribution < -0.4 is 0 Å². The van der Waals surface area contributed by atoms with Crippen LogP contribution in [0.5, 0.6) is 0 Å². The Morgan fingerprint density at radius 1 is 1.38 bits per heavy atom. The normalized spacial score (nSPS) is 9.62. The molecular formula is C11H12O2. The third-order valence-corrected chi connectivity index (χ3v) is 1.97. The molecule has 2 nitrogen and oxygen atoms in total. The largest absolute Gasteiger partial charge is 0.478 e. The highest BCUT2D eigenvalue weighted by Gasteiger charge is 2.05. The van der Waals surface area contributed by atoms with E-state index in [9.17, 15) is 4.79 Å². The zero-order chi connectivity index (χ0) is 9.84. The van der Waals surface area contributed by atoms with Gasteiger partial charge in [-0.2, -0.15) is 0 Å². The maximum atomic E-state index is 10.6. The molecule has 0 atom stereocenters. The van der Waals surface area contributed by atoms with E-state index >= 15 is 0 Å². The lowest BCUT2D eigenvalue weighted by atomic mass is 10.0. The number of benzene rings is 1. The molecule has 0 bridgehead atoms. The van der Waals surface area contributed by atoms with Crippen molar-refractivity contribution < 1.29 is 9.90 Å². The van der Waals surface area contributed by atoms with Gasteiger partial charge in [-0.1, -0.05) is 37.8 Å². The average molecular weight is 176 g/mol. The fraction of sp³-hybridized carbons (Fsp3) is 0.182. The molecule has 0 aliphatic heterocycles. The van der Waals surface area contributed by atoms with Gasteiger partial charge in [-0.3, -0.25) is 0 Å². The van der Waals surface area contributed by atoms with E-state index in [1.807, 2.05) is 12.1 Å². The van der Waals surface area contributed by atoms with Crippen molar-refractivity contribution in [3.8, 4) is 0 Å². The van der Waals surface area contributed by atoms with Crippen molar-refractivity contribution in [3.05, 3.63) is 42.0 Å². The SMILES string of the molecule is C=C(C(=O)O)c1ccc(CC)cc1. The number of carboxylic acids is 1. The summed E-state index contributed by atoms with van der Waals surface area (Å²) in [7, 11) is 0. The van der Waals surface area contributed by atoms with Crippen LogP contribution in [0.4, 0.5) is 0 Å². The predicted octanol–water partition coefficient (Wildman–Crippen LogP) is 2.35. The van der Waals surface area contributed by atoms with Crippen LogP contribution in [-0.4, -0.2) is 11.1 Å². The Bertz CT molecular complexity index is 322. The van der Waals surface area contributed by atoms with Crippen molar-refractivity contribution in [1.29, 1.82) is 0 Å². The summed E-state index contributed by atoms with van der Waals surface area (Å²) in [5, 5.41) is 8.66. The van der Waals surface area contributed by atoms with Gasteiger partial charge in [0.2, 0.25) is 0 Å². The quantitative estimate of drug-likeness (QED) is 0.718. The Labute approximate surface area is 77.5 Å². The van der Waals surface area contributed by atoms with Gasteiger partial charge in [0.25, 0.3) is 0 Å². The Hall–Kier alpha value is -1.57. The standard InChI is InChI=1S/C11H12O2/c1-3-9-4-6-10(7-5-9)8(2)11(12)13/h4-7H,2-3H2,1H3,(H,12,13). The minimum Gasteiger partial charge on any atom is -0.478 e. The molecule has 1 aromatic carbocycles. The number of rotatable bonds is 3. The van der Waals surface area contributed by atoms with Crippen molar-refractivity contribution >= 4 is 11.5 Å². The topological polar surface area (TPSA) is 37.3 Å². The van der Waals surface area contributed by atoms with E-state index in [1.165, 1.54) is 5.56 Å². The number of hydrogen-bond acceptors (Lipinski definition) is 1. The van der Waals surface area contributed by atoms with Gasteiger partial charge in [0.15, 0.2) is 0 Å². The minimum absolute atomic E-state index is 0.141. The molecule has 1 rings (SSSR count). The molecule has 0 spiro atoms. The van der Waals surface area contributed by atoms with E-state index in [-0.39, 0.29) is 5.57 Å². The van der Waals surface area contributed by atoms with Crippen LogP contribution in [0.25, 0.3) is 5.57 Å². The van der Waals surface area contributed by atoms with Gasteiger partial charge in [-0.15, -0.1) is 0 Å². The lowest BCUT2D eigenvalue weighted by Crippen LogP contribution is -1.97. The molecule has 13 heavy (non-hydrogen) atoms. The Morgan fingerprint density at radius 2 is 1.92 bits per heavy atom. The summed E-state index contributed by atoms with van der Waals surface area (Å²) in [5.74, 6) is -0.968. The maximum Gasteiger partial charge on any atom is 0.335 e. The number of aliphatic carboxylic acids is 1. The van der Waals surface area contributed by atoms with E-state index in [4.69, 9.17) is 5.11 Å². The van der Waals surface area contributed by atoms with Gasteiger partial charge < -0.3 is 5.11 Å². The van der Waals surface area contributed by atoms with E-state index in [1.54, 1.807) is 12.1 Å². The first kappa shape index (κ1) is 9.52. The van der Waals surface area contributed by atoms with Crippen molar-refractivity contribution in [2.75, 3.05) is 0 Å². The number of carbonyl (C=O) groups is 1. The molecule has 1 N–H and O–H groups in total. The van der Waals surface area contributed by atoms with Crippen LogP contribution in [-0.2, 0) is 11.2 Å². The van der Waals surface area contributed by atoms with Crippen LogP contribution in [0.2, 0.25) is 0 Å². The molecule has 0 unspecified atom stereocenters. The predicted molar refractivity (Wildman–Crippen MR) is 52.5 cm³/mol. The zero-order valence-corrected chi connectivity index (χ0v) is 7.58. The highest BCUT2D eigenvalue weighted by molar-refractivity contribution is 6.14. The van der Waals surface area contributed by atoms with Gasteiger partial charge in [-0.05, 0) is 17.5 Å². The fourth-order valence-corrected chi connectivity index (χ4v) is 1.07. The molecule has 0 amide bonds. The smallest absolute Gasteiger partial charge is 0.335 e. The van der Waals surface area contributed by atoms with E-state index in [0.717, 1.165) is 6.42 Å². The fourth-order valence-electron chi connectivity index (χ4n) is 1.07. The molecule has 0 fully saturated rings. The maximum absolute atomic E-state index is 10.6. The van der Waals surface area contributed by atoms with E-state index < -0.39 is 5.97 Å². The summed E-state index contributed by atoms with van der Waals surface area (Å²) in [5.41, 5.74) is 2.01. The lowest BCUT2D eigenvalue weighted by Gasteiger charge is -2.01. The van der Waals surface area contributed by atoms with Gasteiger partial charge in [0.1, 0.15) is 0 Å². The van der Waals surface area contributed by atoms with Crippen molar-refractivity contribution in [1.82, 2.24) is 0 Å². The zero-order valence-electron chi connectivity index (χ0n) is 7.58. The summed E-state index contributed by atoms with van der Waals surface area (Å²) < 4.78 is 0. The summed E-state index contributed by atoms with van der Waals surface area (Å²) in [6.07, 6.45) is 0.958. The first-order chi connectivity index (χ1) is 6.15. The molecule has 0 aliphatic carbocycles. The second kappa shape index (κ2) is 3.90. The molecule has 0 radical (unpaired) electrons. The molecule has 0 saturated heterocycles. The van der Waals surface area contributed by atoms with Crippen LogP contribution in [0.3, 0.4) is 0 Å². The van der Waals surface area contributed by atoms with Crippen LogP contribution in [0.15, 0.2) is 30.8 Å². The molecule has 0 aromatic heterocycles. The van der Waals surface area contributed by atoms with E-state index in [2.05, 4.69) is 13.5 Å². The van der Waals surface area contributed by atoms with Crippen molar-refractivity contribution in [2.24, 2.45) is 0 Å². The van der Waals surface area contributed by atoms with Gasteiger partial charge >= 0.3 is 5.97 Å². The molecule has 1 aromatic rings. The minimum atomic E-state index is -0.968. The molecular weight excluding hydrogens is 164 g/mol. The van der Waals surface area contributed by atoms with Crippen molar-refractivity contribution in [2.45, 2.75) is 13.3 Å². The highest BCUT2D eigenvalue weighted by atomic mass is 16.4. The average Bonchev–Trinajstić information content (AvgIpc) is 2.17. The monoisotopic (exact) mass is 176 g/mol. The third kappa shape index (κ3) is 2.18. The van der Waals surface area contributed by atoms with E-state index in [0.29, 0.717) is 5.56 Å². The Morgan fingerprint density at radius 3 is 2.31 bits per heavy atom. The summed E-state index contributed by atoms with van der Waals surface area (Å²) in [6, 6.07) is 7.41. The molecule has 0 heterocycles. The number of aryl methyl sites for hydroxylation is 1. The summed E-state index contributed by atoms with van der Waals surface area (Å²) >= 11 is 0. The third-order valence-electron chi connectivity index (χ3n) is 1.97. The van der Waals surface area contributed by atoms with Gasteiger partial charge in [0.05, 0.1) is 5.57 Å². The second-order valence-electron chi connectivity index (χ2n) is 2.83. The van der Waals surface area contributed by atoms with Crippen LogP contribution in [0, 0.1) is 0 Å². The van der Waals surface area contributed by atoms with Crippen LogP contribution in [0.1, 0.15) is 18.1 Å². The number of hydrogen-bond donors (Lipinski definition) is 1. The molecule has 0 saturated carbocycles.